The highest BCUT2D eigenvalue weighted by atomic mass is 35.5. The van der Waals surface area contributed by atoms with Crippen LogP contribution in [0.15, 0.2) is 67.0 Å². The Morgan fingerprint density at radius 3 is 2.25 bits per heavy atom. The van der Waals surface area contributed by atoms with Gasteiger partial charge < -0.3 is 29.5 Å². The molecule has 4 aliphatic rings. The summed E-state index contributed by atoms with van der Waals surface area (Å²) in [6.45, 7) is 14.2. The van der Waals surface area contributed by atoms with Gasteiger partial charge in [0.25, 0.3) is 5.91 Å². The molecular formula is C50H60ClN9O5. The highest BCUT2D eigenvalue weighted by Crippen LogP contribution is 2.39. The summed E-state index contributed by atoms with van der Waals surface area (Å²) in [7, 11) is 0. The predicted molar refractivity (Wildman–Crippen MR) is 249 cm³/mol. The number of piperidine rings is 4. The molecule has 0 bridgehead atoms. The largest absolute Gasteiger partial charge is 0.491 e. The van der Waals surface area contributed by atoms with Crippen LogP contribution in [-0.2, 0) is 21.6 Å². The van der Waals surface area contributed by atoms with Crippen LogP contribution in [0.2, 0.25) is 5.02 Å². The molecule has 0 aliphatic carbocycles. The molecule has 2 aromatic carbocycles. The molecule has 2 N–H and O–H groups in total. The monoisotopic (exact) mass is 901 g/mol. The number of anilines is 2. The summed E-state index contributed by atoms with van der Waals surface area (Å²) >= 11 is 6.55. The van der Waals surface area contributed by atoms with Crippen LogP contribution in [0.5, 0.6) is 11.5 Å². The quantitative estimate of drug-likeness (QED) is 0.124. The summed E-state index contributed by atoms with van der Waals surface area (Å²) in [5.74, 6) is 2.92. The van der Waals surface area contributed by atoms with Gasteiger partial charge in [-0.25, -0.2) is 15.0 Å². The second-order valence-corrected chi connectivity index (χ2v) is 18.8. The number of carbonyl (C=O) groups excluding carboxylic acids is 3. The van der Waals surface area contributed by atoms with Crippen molar-refractivity contribution in [2.45, 2.75) is 90.2 Å². The Hall–Kier alpha value is -5.78. The van der Waals surface area contributed by atoms with Crippen molar-refractivity contribution in [3.8, 4) is 17.6 Å². The van der Waals surface area contributed by atoms with Crippen LogP contribution >= 0.6 is 11.6 Å². The molecule has 342 valence electrons. The van der Waals surface area contributed by atoms with Gasteiger partial charge in [-0.1, -0.05) is 37.6 Å². The standard InChI is InChI=1S/C50H60ClN9O5/c1-4-64-46-36(29-52)27-38(28-42(46)51)50(2,3)37-5-8-41(9-6-37)65-32-39-13-20-53-49(55-39)60-23-14-33(15-24-60)31-58-21-16-34(17-22-58)35-18-25-59(26-19-35)40-7-10-43(54-30-40)47(62)56-44-11-12-45(61)57-48(44)63/h5-10,13,20,27-28,30,33-35,44H,4,11-12,14-19,21-26,31-32H2,1-3H3,(H,56,62)(H,57,61,63). The zero-order valence-corrected chi connectivity index (χ0v) is 38.5. The van der Waals surface area contributed by atoms with E-state index in [0.717, 1.165) is 104 Å². The van der Waals surface area contributed by atoms with Gasteiger partial charge in [0.1, 0.15) is 30.2 Å². The highest BCUT2D eigenvalue weighted by molar-refractivity contribution is 6.32. The molecule has 1 unspecified atom stereocenters. The lowest BCUT2D eigenvalue weighted by Crippen LogP contribution is -2.52. The number of ether oxygens (including phenoxy) is 2. The molecule has 8 rings (SSSR count). The number of amides is 3. The molecule has 65 heavy (non-hydrogen) atoms. The molecule has 4 aromatic rings. The molecule has 1 atom stereocenters. The molecule has 4 saturated heterocycles. The fourth-order valence-electron chi connectivity index (χ4n) is 9.92. The van der Waals surface area contributed by atoms with Crippen molar-refractivity contribution in [3.05, 3.63) is 100 Å². The third-order valence-electron chi connectivity index (χ3n) is 14.0. The van der Waals surface area contributed by atoms with E-state index in [1.165, 1.54) is 25.9 Å². The van der Waals surface area contributed by atoms with E-state index in [0.29, 0.717) is 41.9 Å². The second kappa shape index (κ2) is 20.6. The summed E-state index contributed by atoms with van der Waals surface area (Å²) in [5.41, 5.74) is 4.14. The van der Waals surface area contributed by atoms with Crippen molar-refractivity contribution in [2.75, 3.05) is 62.2 Å². The van der Waals surface area contributed by atoms with Crippen LogP contribution in [0.1, 0.15) is 105 Å². The first-order valence-corrected chi connectivity index (χ1v) is 23.6. The number of nitrogens with zero attached hydrogens (tertiary/aromatic N) is 7. The zero-order valence-electron chi connectivity index (χ0n) is 37.7. The number of nitriles is 1. The molecule has 4 aliphatic heterocycles. The molecule has 6 heterocycles. The first-order valence-electron chi connectivity index (χ1n) is 23.2. The van der Waals surface area contributed by atoms with Gasteiger partial charge in [0.2, 0.25) is 17.8 Å². The van der Waals surface area contributed by atoms with Crippen LogP contribution in [0.3, 0.4) is 0 Å². The van der Waals surface area contributed by atoms with Crippen molar-refractivity contribution >= 4 is 41.0 Å². The van der Waals surface area contributed by atoms with E-state index >= 15 is 0 Å². The minimum Gasteiger partial charge on any atom is -0.491 e. The van der Waals surface area contributed by atoms with Crippen molar-refractivity contribution < 1.29 is 23.9 Å². The number of nitrogens with one attached hydrogen (secondary N) is 2. The van der Waals surface area contributed by atoms with Crippen LogP contribution in [-0.4, -0.2) is 96.0 Å². The zero-order chi connectivity index (χ0) is 45.5. The molecule has 3 amide bonds. The van der Waals surface area contributed by atoms with Gasteiger partial charge in [0, 0.05) is 50.8 Å². The number of rotatable bonds is 14. The van der Waals surface area contributed by atoms with Gasteiger partial charge in [-0.3, -0.25) is 19.7 Å². The number of aromatic nitrogens is 3. The molecule has 14 nitrogen and oxygen atoms in total. The number of hydrogen-bond acceptors (Lipinski definition) is 12. The highest BCUT2D eigenvalue weighted by Gasteiger charge is 2.33. The smallest absolute Gasteiger partial charge is 0.270 e. The number of carbonyl (C=O) groups is 3. The van der Waals surface area contributed by atoms with E-state index in [2.05, 4.69) is 67.4 Å². The summed E-state index contributed by atoms with van der Waals surface area (Å²) in [5, 5.41) is 15.2. The van der Waals surface area contributed by atoms with Crippen LogP contribution < -0.4 is 29.9 Å². The van der Waals surface area contributed by atoms with Crippen molar-refractivity contribution in [2.24, 2.45) is 17.8 Å². The molecule has 0 spiro atoms. The molecular weight excluding hydrogens is 842 g/mol. The summed E-state index contributed by atoms with van der Waals surface area (Å²) < 4.78 is 11.8. The summed E-state index contributed by atoms with van der Waals surface area (Å²) in [6, 6.07) is 18.9. The van der Waals surface area contributed by atoms with E-state index in [1.807, 2.05) is 49.5 Å². The fourth-order valence-corrected chi connectivity index (χ4v) is 10.2. The van der Waals surface area contributed by atoms with E-state index in [4.69, 9.17) is 26.1 Å². The lowest BCUT2D eigenvalue weighted by molar-refractivity contribution is -0.134. The fraction of sp³-hybridized carbons (Fsp3) is 0.500. The van der Waals surface area contributed by atoms with Gasteiger partial charge in [-0.05, 0) is 136 Å². The third kappa shape index (κ3) is 11.0. The average molecular weight is 903 g/mol. The van der Waals surface area contributed by atoms with E-state index in [-0.39, 0.29) is 18.0 Å². The Labute approximate surface area is 387 Å². The Morgan fingerprint density at radius 2 is 1.58 bits per heavy atom. The number of pyridine rings is 1. The molecule has 0 radical (unpaired) electrons. The number of imide groups is 1. The predicted octanol–water partition coefficient (Wildman–Crippen LogP) is 7.08. The molecule has 0 saturated carbocycles. The first kappa shape index (κ1) is 45.8. The number of likely N-dealkylation sites (tertiary alicyclic amines) is 1. The first-order chi connectivity index (χ1) is 31.5. The lowest BCUT2D eigenvalue weighted by atomic mass is 9.77. The van der Waals surface area contributed by atoms with Crippen molar-refractivity contribution in [1.29, 1.82) is 5.26 Å². The van der Waals surface area contributed by atoms with E-state index < -0.39 is 23.3 Å². The van der Waals surface area contributed by atoms with Gasteiger partial charge in [-0.2, -0.15) is 5.26 Å². The number of hydrogen-bond donors (Lipinski definition) is 2. The number of benzene rings is 2. The average Bonchev–Trinajstić information content (AvgIpc) is 3.33. The van der Waals surface area contributed by atoms with Gasteiger partial charge >= 0.3 is 0 Å². The Balaban J connectivity index is 0.737. The Kier molecular flexibility index (Phi) is 14.5. The maximum absolute atomic E-state index is 12.7. The topological polar surface area (TPSA) is 166 Å². The molecule has 15 heteroatoms. The Bertz CT molecular complexity index is 2350. The van der Waals surface area contributed by atoms with Crippen molar-refractivity contribution in [1.82, 2.24) is 30.5 Å². The summed E-state index contributed by atoms with van der Waals surface area (Å²) in [6.07, 6.45) is 11.2. The van der Waals surface area contributed by atoms with Gasteiger partial charge in [0.15, 0.2) is 5.75 Å². The Morgan fingerprint density at radius 1 is 0.877 bits per heavy atom. The normalized spacial score (nSPS) is 19.4. The third-order valence-corrected chi connectivity index (χ3v) is 14.3. The number of halogens is 1. The van der Waals surface area contributed by atoms with Crippen LogP contribution in [0.4, 0.5) is 11.6 Å². The molecule has 2 aromatic heterocycles. The summed E-state index contributed by atoms with van der Waals surface area (Å²) in [4.78, 5) is 57.5. The maximum atomic E-state index is 12.7. The van der Waals surface area contributed by atoms with Gasteiger partial charge in [0.05, 0.1) is 34.8 Å². The van der Waals surface area contributed by atoms with E-state index in [1.54, 1.807) is 12.3 Å². The van der Waals surface area contributed by atoms with Crippen LogP contribution in [0.25, 0.3) is 0 Å². The molecule has 4 fully saturated rings. The minimum absolute atomic E-state index is 0.211. The lowest BCUT2D eigenvalue weighted by Gasteiger charge is -2.42. The van der Waals surface area contributed by atoms with Gasteiger partial charge in [-0.15, -0.1) is 0 Å². The van der Waals surface area contributed by atoms with E-state index in [9.17, 15) is 19.6 Å². The maximum Gasteiger partial charge on any atom is 0.270 e. The minimum atomic E-state index is -0.719. The van der Waals surface area contributed by atoms with Crippen LogP contribution in [0, 0.1) is 29.1 Å². The SMILES string of the molecule is CCOc1c(Cl)cc(C(C)(C)c2ccc(OCc3ccnc(N4CCC(CN5CCC(C6CCN(c7ccc(C(=O)NC8CCC(=O)NC8=O)nc7)CC6)CC5)CC4)n3)cc2)cc1C#N. The second-order valence-electron chi connectivity index (χ2n) is 18.4. The van der Waals surface area contributed by atoms with Crippen molar-refractivity contribution in [3.63, 3.8) is 0 Å².